The topological polar surface area (TPSA) is 49.6 Å². The number of amides is 1. The highest BCUT2D eigenvalue weighted by Crippen LogP contribution is 2.28. The van der Waals surface area contributed by atoms with Crippen molar-refractivity contribution in [2.24, 2.45) is 11.1 Å². The summed E-state index contributed by atoms with van der Waals surface area (Å²) >= 11 is 0. The zero-order chi connectivity index (χ0) is 12.2. The van der Waals surface area contributed by atoms with Gasteiger partial charge in [0.25, 0.3) is 0 Å². The second kappa shape index (κ2) is 5.64. The Balaban J connectivity index is 2.29. The Labute approximate surface area is 98.8 Å². The minimum absolute atomic E-state index is 0.214. The summed E-state index contributed by atoms with van der Waals surface area (Å²) in [7, 11) is 1.86. The molecule has 4 heteroatoms. The fourth-order valence-electron chi connectivity index (χ4n) is 2.12. The molecule has 4 nitrogen and oxygen atoms in total. The number of rotatable bonds is 5. The predicted molar refractivity (Wildman–Crippen MR) is 66.1 cm³/mol. The second-order valence-electron chi connectivity index (χ2n) is 5.58. The van der Waals surface area contributed by atoms with Gasteiger partial charge in [0, 0.05) is 20.1 Å². The molecule has 1 saturated heterocycles. The maximum absolute atomic E-state index is 11.9. The molecule has 1 heterocycles. The van der Waals surface area contributed by atoms with E-state index in [-0.39, 0.29) is 5.91 Å². The highest BCUT2D eigenvalue weighted by atomic mass is 16.2. The van der Waals surface area contributed by atoms with E-state index < -0.39 is 0 Å². The smallest absolute Gasteiger partial charge is 0.236 e. The zero-order valence-corrected chi connectivity index (χ0v) is 10.8. The third-order valence-corrected chi connectivity index (χ3v) is 3.24. The van der Waals surface area contributed by atoms with Crippen molar-refractivity contribution < 1.29 is 4.79 Å². The first-order valence-electron chi connectivity index (χ1n) is 6.11. The molecule has 0 aromatic rings. The molecule has 0 atom stereocenters. The molecule has 0 aliphatic carbocycles. The van der Waals surface area contributed by atoms with Crippen LogP contribution in [-0.2, 0) is 4.79 Å². The van der Waals surface area contributed by atoms with Gasteiger partial charge in [-0.3, -0.25) is 9.69 Å². The van der Waals surface area contributed by atoms with E-state index >= 15 is 0 Å². The van der Waals surface area contributed by atoms with Gasteiger partial charge in [-0.15, -0.1) is 0 Å². The van der Waals surface area contributed by atoms with E-state index in [4.69, 9.17) is 5.73 Å². The summed E-state index contributed by atoms with van der Waals surface area (Å²) in [5.74, 6) is 0.214. The van der Waals surface area contributed by atoms with Gasteiger partial charge in [0.2, 0.25) is 5.91 Å². The van der Waals surface area contributed by atoms with Crippen LogP contribution in [0.3, 0.4) is 0 Å². The van der Waals surface area contributed by atoms with Crippen LogP contribution in [-0.4, -0.2) is 55.5 Å². The lowest BCUT2D eigenvalue weighted by Crippen LogP contribution is -2.38. The first-order valence-corrected chi connectivity index (χ1v) is 6.11. The van der Waals surface area contributed by atoms with Crippen LogP contribution in [0.4, 0.5) is 0 Å². The molecule has 1 aliphatic heterocycles. The van der Waals surface area contributed by atoms with E-state index in [0.29, 0.717) is 18.5 Å². The van der Waals surface area contributed by atoms with E-state index in [9.17, 15) is 4.79 Å². The third kappa shape index (κ3) is 4.10. The number of hydrogen-bond acceptors (Lipinski definition) is 3. The van der Waals surface area contributed by atoms with Crippen molar-refractivity contribution in [1.82, 2.24) is 9.80 Å². The number of carbonyl (C=O) groups excluding carboxylic acids is 1. The molecule has 16 heavy (non-hydrogen) atoms. The highest BCUT2D eigenvalue weighted by molar-refractivity contribution is 5.78. The molecule has 0 aromatic heterocycles. The standard InChI is InChI=1S/C12H25N3O/c1-12(2)5-8-15(10-12)9-11(16)14(3)7-4-6-13/h4-10,13H2,1-3H3. The van der Waals surface area contributed by atoms with Crippen molar-refractivity contribution in [1.29, 1.82) is 0 Å². The first kappa shape index (κ1) is 13.5. The molecule has 0 aromatic carbocycles. The summed E-state index contributed by atoms with van der Waals surface area (Å²) in [5.41, 5.74) is 5.80. The summed E-state index contributed by atoms with van der Waals surface area (Å²) in [6.07, 6.45) is 2.07. The van der Waals surface area contributed by atoms with Crippen LogP contribution in [0, 0.1) is 5.41 Å². The fourth-order valence-corrected chi connectivity index (χ4v) is 2.12. The van der Waals surface area contributed by atoms with Crippen LogP contribution >= 0.6 is 0 Å². The number of hydrogen-bond donors (Lipinski definition) is 1. The minimum atomic E-state index is 0.214. The number of likely N-dealkylation sites (N-methyl/N-ethyl adjacent to an activating group) is 1. The predicted octanol–water partition coefficient (Wildman–Crippen LogP) is 0.526. The van der Waals surface area contributed by atoms with Gasteiger partial charge in [0.05, 0.1) is 6.54 Å². The molecule has 0 bridgehead atoms. The van der Waals surface area contributed by atoms with Gasteiger partial charge in [-0.25, -0.2) is 0 Å². The van der Waals surface area contributed by atoms with Crippen LogP contribution in [0.15, 0.2) is 0 Å². The van der Waals surface area contributed by atoms with Crippen molar-refractivity contribution in [2.75, 3.05) is 39.8 Å². The molecule has 1 fully saturated rings. The van der Waals surface area contributed by atoms with E-state index in [2.05, 4.69) is 18.7 Å². The first-order chi connectivity index (χ1) is 7.44. The summed E-state index contributed by atoms with van der Waals surface area (Å²) in [5, 5.41) is 0. The molecule has 1 aliphatic rings. The zero-order valence-electron chi connectivity index (χ0n) is 10.8. The fraction of sp³-hybridized carbons (Fsp3) is 0.917. The average Bonchev–Trinajstić information content (AvgIpc) is 2.54. The summed E-state index contributed by atoms with van der Waals surface area (Å²) in [6.45, 7) is 8.57. The molecule has 0 radical (unpaired) electrons. The summed E-state index contributed by atoms with van der Waals surface area (Å²) in [4.78, 5) is 15.9. The molecule has 1 amide bonds. The van der Waals surface area contributed by atoms with Crippen LogP contribution in [0.2, 0.25) is 0 Å². The quantitative estimate of drug-likeness (QED) is 0.745. The number of nitrogens with zero attached hydrogens (tertiary/aromatic N) is 2. The Bertz CT molecular complexity index is 240. The molecule has 94 valence electrons. The molecule has 0 saturated carbocycles. The van der Waals surface area contributed by atoms with Crippen molar-refractivity contribution >= 4 is 5.91 Å². The number of carbonyl (C=O) groups is 1. The highest BCUT2D eigenvalue weighted by Gasteiger charge is 2.30. The lowest BCUT2D eigenvalue weighted by molar-refractivity contribution is -0.130. The average molecular weight is 227 g/mol. The normalized spacial score (nSPS) is 20.0. The Morgan fingerprint density at radius 3 is 2.69 bits per heavy atom. The van der Waals surface area contributed by atoms with Crippen LogP contribution < -0.4 is 5.73 Å². The van der Waals surface area contributed by atoms with Crippen molar-refractivity contribution in [3.63, 3.8) is 0 Å². The van der Waals surface area contributed by atoms with Crippen LogP contribution in [0.5, 0.6) is 0 Å². The van der Waals surface area contributed by atoms with Gasteiger partial charge < -0.3 is 10.6 Å². The minimum Gasteiger partial charge on any atom is -0.345 e. The Morgan fingerprint density at radius 1 is 1.50 bits per heavy atom. The Morgan fingerprint density at radius 2 is 2.19 bits per heavy atom. The largest absolute Gasteiger partial charge is 0.345 e. The monoisotopic (exact) mass is 227 g/mol. The lowest BCUT2D eigenvalue weighted by Gasteiger charge is -2.22. The van der Waals surface area contributed by atoms with E-state index in [1.165, 1.54) is 6.42 Å². The molecule has 2 N–H and O–H groups in total. The third-order valence-electron chi connectivity index (χ3n) is 3.24. The Kier molecular flexibility index (Phi) is 4.74. The molecular formula is C12H25N3O. The second-order valence-corrected chi connectivity index (χ2v) is 5.58. The van der Waals surface area contributed by atoms with Crippen molar-refractivity contribution in [2.45, 2.75) is 26.7 Å². The van der Waals surface area contributed by atoms with Gasteiger partial charge in [0.15, 0.2) is 0 Å². The van der Waals surface area contributed by atoms with Gasteiger partial charge >= 0.3 is 0 Å². The van der Waals surface area contributed by atoms with E-state index in [1.54, 1.807) is 4.90 Å². The van der Waals surface area contributed by atoms with Gasteiger partial charge in [-0.2, -0.15) is 0 Å². The summed E-state index contributed by atoms with van der Waals surface area (Å²) < 4.78 is 0. The number of likely N-dealkylation sites (tertiary alicyclic amines) is 1. The van der Waals surface area contributed by atoms with Crippen molar-refractivity contribution in [3.8, 4) is 0 Å². The van der Waals surface area contributed by atoms with Gasteiger partial charge in [-0.05, 0) is 31.3 Å². The molecular weight excluding hydrogens is 202 g/mol. The van der Waals surface area contributed by atoms with Crippen LogP contribution in [0.25, 0.3) is 0 Å². The summed E-state index contributed by atoms with van der Waals surface area (Å²) in [6, 6.07) is 0. The number of nitrogens with two attached hydrogens (primary N) is 1. The van der Waals surface area contributed by atoms with E-state index in [0.717, 1.165) is 26.1 Å². The molecule has 0 spiro atoms. The SMILES string of the molecule is CN(CCCN)C(=O)CN1CCC(C)(C)C1. The lowest BCUT2D eigenvalue weighted by atomic mass is 9.93. The maximum atomic E-state index is 11.9. The van der Waals surface area contributed by atoms with Crippen LogP contribution in [0.1, 0.15) is 26.7 Å². The molecule has 1 rings (SSSR count). The van der Waals surface area contributed by atoms with Gasteiger partial charge in [-0.1, -0.05) is 13.8 Å². The Hall–Kier alpha value is -0.610. The maximum Gasteiger partial charge on any atom is 0.236 e. The van der Waals surface area contributed by atoms with Gasteiger partial charge in [0.1, 0.15) is 0 Å². The molecule has 0 unspecified atom stereocenters. The van der Waals surface area contributed by atoms with Crippen molar-refractivity contribution in [3.05, 3.63) is 0 Å². The van der Waals surface area contributed by atoms with E-state index in [1.807, 2.05) is 7.05 Å².